The first kappa shape index (κ1) is 13.7. The van der Waals surface area contributed by atoms with Gasteiger partial charge in [0.2, 0.25) is 0 Å². The molecule has 1 aromatic rings. The number of carbonyl (C=O) groups excluding carboxylic acids is 1. The van der Waals surface area contributed by atoms with Gasteiger partial charge in [-0.3, -0.25) is 4.79 Å². The average molecular weight is 263 g/mol. The Morgan fingerprint density at radius 3 is 2.74 bits per heavy atom. The van der Waals surface area contributed by atoms with E-state index in [2.05, 4.69) is 0 Å². The molecule has 0 spiro atoms. The first-order valence-electron chi connectivity index (χ1n) is 6.82. The van der Waals surface area contributed by atoms with Gasteiger partial charge in [0.1, 0.15) is 11.5 Å². The Balaban J connectivity index is 2.15. The number of rotatable bonds is 5. The van der Waals surface area contributed by atoms with Crippen molar-refractivity contribution in [3.8, 4) is 11.5 Å². The molecule has 4 nitrogen and oxygen atoms in total. The molecule has 0 heterocycles. The lowest BCUT2D eigenvalue weighted by Gasteiger charge is -2.32. The molecule has 19 heavy (non-hydrogen) atoms. The third kappa shape index (κ3) is 3.00. The largest absolute Gasteiger partial charge is 0.507 e. The summed E-state index contributed by atoms with van der Waals surface area (Å²) in [5, 5.41) is 9.85. The van der Waals surface area contributed by atoms with Gasteiger partial charge in [-0.25, -0.2) is 0 Å². The van der Waals surface area contributed by atoms with Gasteiger partial charge >= 0.3 is 0 Å². The minimum atomic E-state index is -0.120. The molecule has 0 radical (unpaired) electrons. The number of aromatic hydroxyl groups is 1. The number of benzene rings is 1. The van der Waals surface area contributed by atoms with Crippen molar-refractivity contribution in [3.05, 3.63) is 23.8 Å². The van der Waals surface area contributed by atoms with Crippen LogP contribution in [-0.2, 0) is 0 Å². The molecule has 1 aliphatic carbocycles. The standard InChI is InChI=1S/C15H21NO3/c1-3-16(10-11-5-4-6-11)15(18)13-9-12(19-2)7-8-14(13)17/h7-9,11,17H,3-6,10H2,1-2H3. The molecule has 4 heteroatoms. The zero-order valence-corrected chi connectivity index (χ0v) is 11.6. The Morgan fingerprint density at radius 2 is 2.21 bits per heavy atom. The highest BCUT2D eigenvalue weighted by atomic mass is 16.5. The summed E-state index contributed by atoms with van der Waals surface area (Å²) in [6.45, 7) is 3.41. The topological polar surface area (TPSA) is 49.8 Å². The molecule has 1 N–H and O–H groups in total. The minimum absolute atomic E-state index is 0.0119. The number of phenolic OH excluding ortho intramolecular Hbond substituents is 1. The SMILES string of the molecule is CCN(CC1CCC1)C(=O)c1cc(OC)ccc1O. The van der Waals surface area contributed by atoms with Gasteiger partial charge in [0.25, 0.3) is 5.91 Å². The van der Waals surface area contributed by atoms with E-state index in [4.69, 9.17) is 4.74 Å². The molecule has 2 rings (SSSR count). The molecule has 0 atom stereocenters. The lowest BCUT2D eigenvalue weighted by atomic mass is 9.85. The van der Waals surface area contributed by atoms with Crippen molar-refractivity contribution in [1.29, 1.82) is 0 Å². The molecule has 0 saturated heterocycles. The molecule has 1 fully saturated rings. The molecule has 0 aliphatic heterocycles. The number of hydrogen-bond acceptors (Lipinski definition) is 3. The van der Waals surface area contributed by atoms with Gasteiger partial charge in [0.05, 0.1) is 12.7 Å². The first-order chi connectivity index (χ1) is 9.15. The zero-order valence-electron chi connectivity index (χ0n) is 11.6. The third-order valence-electron chi connectivity index (χ3n) is 3.81. The van der Waals surface area contributed by atoms with Crippen LogP contribution in [0.2, 0.25) is 0 Å². The Morgan fingerprint density at radius 1 is 1.47 bits per heavy atom. The lowest BCUT2D eigenvalue weighted by Crippen LogP contribution is -2.37. The lowest BCUT2D eigenvalue weighted by molar-refractivity contribution is 0.0703. The Labute approximate surface area is 114 Å². The maximum atomic E-state index is 12.5. The van der Waals surface area contributed by atoms with Crippen LogP contribution < -0.4 is 4.74 Å². The summed E-state index contributed by atoms with van der Waals surface area (Å²) in [6.07, 6.45) is 3.67. The third-order valence-corrected chi connectivity index (χ3v) is 3.81. The molecule has 1 amide bonds. The summed E-state index contributed by atoms with van der Waals surface area (Å²) in [6, 6.07) is 4.75. The molecule has 1 aromatic carbocycles. The van der Waals surface area contributed by atoms with Crippen LogP contribution in [-0.4, -0.2) is 36.1 Å². The number of ether oxygens (including phenoxy) is 1. The van der Waals surface area contributed by atoms with E-state index in [-0.39, 0.29) is 11.7 Å². The van der Waals surface area contributed by atoms with Gasteiger partial charge in [-0.1, -0.05) is 6.42 Å². The van der Waals surface area contributed by atoms with E-state index in [1.807, 2.05) is 6.92 Å². The molecule has 0 bridgehead atoms. The molecule has 0 unspecified atom stereocenters. The van der Waals surface area contributed by atoms with Crippen molar-refractivity contribution in [3.63, 3.8) is 0 Å². The minimum Gasteiger partial charge on any atom is -0.507 e. The summed E-state index contributed by atoms with van der Waals surface area (Å²) in [4.78, 5) is 14.3. The van der Waals surface area contributed by atoms with Gasteiger partial charge in [-0.15, -0.1) is 0 Å². The smallest absolute Gasteiger partial charge is 0.257 e. The molecule has 1 saturated carbocycles. The fourth-order valence-electron chi connectivity index (χ4n) is 2.33. The van der Waals surface area contributed by atoms with Crippen molar-refractivity contribution in [2.24, 2.45) is 5.92 Å². The van der Waals surface area contributed by atoms with E-state index in [1.54, 1.807) is 24.1 Å². The molecule has 0 aromatic heterocycles. The second-order valence-electron chi connectivity index (χ2n) is 5.02. The number of amides is 1. The first-order valence-corrected chi connectivity index (χ1v) is 6.82. The monoisotopic (exact) mass is 263 g/mol. The highest BCUT2D eigenvalue weighted by Gasteiger charge is 2.24. The zero-order chi connectivity index (χ0) is 13.8. The average Bonchev–Trinajstić information content (AvgIpc) is 2.38. The second-order valence-corrected chi connectivity index (χ2v) is 5.02. The van der Waals surface area contributed by atoms with Crippen LogP contribution in [0, 0.1) is 5.92 Å². The van der Waals surface area contributed by atoms with E-state index in [9.17, 15) is 9.90 Å². The number of methoxy groups -OCH3 is 1. The number of hydrogen-bond donors (Lipinski definition) is 1. The van der Waals surface area contributed by atoms with E-state index >= 15 is 0 Å². The van der Waals surface area contributed by atoms with Crippen LogP contribution in [0.4, 0.5) is 0 Å². The van der Waals surface area contributed by atoms with Crippen molar-refractivity contribution >= 4 is 5.91 Å². The van der Waals surface area contributed by atoms with E-state index in [0.717, 1.165) is 6.54 Å². The normalized spacial score (nSPS) is 14.8. The van der Waals surface area contributed by atoms with Crippen LogP contribution in [0.15, 0.2) is 18.2 Å². The Kier molecular flexibility index (Phi) is 4.30. The summed E-state index contributed by atoms with van der Waals surface area (Å²) in [5.74, 6) is 1.10. The van der Waals surface area contributed by atoms with Crippen molar-refractivity contribution < 1.29 is 14.6 Å². The number of phenols is 1. The fraction of sp³-hybridized carbons (Fsp3) is 0.533. The quantitative estimate of drug-likeness (QED) is 0.888. The van der Waals surface area contributed by atoms with Crippen LogP contribution >= 0.6 is 0 Å². The van der Waals surface area contributed by atoms with E-state index in [0.29, 0.717) is 23.8 Å². The van der Waals surface area contributed by atoms with Crippen LogP contribution in [0.1, 0.15) is 36.5 Å². The van der Waals surface area contributed by atoms with Gasteiger partial charge in [0.15, 0.2) is 0 Å². The Hall–Kier alpha value is -1.71. The van der Waals surface area contributed by atoms with Gasteiger partial charge < -0.3 is 14.7 Å². The second kappa shape index (κ2) is 5.95. The van der Waals surface area contributed by atoms with Gasteiger partial charge in [-0.2, -0.15) is 0 Å². The highest BCUT2D eigenvalue weighted by Crippen LogP contribution is 2.29. The van der Waals surface area contributed by atoms with Crippen molar-refractivity contribution in [2.45, 2.75) is 26.2 Å². The fourth-order valence-corrected chi connectivity index (χ4v) is 2.33. The molecular formula is C15H21NO3. The summed E-state index contributed by atoms with van der Waals surface area (Å²) in [5.41, 5.74) is 0.320. The predicted molar refractivity (Wildman–Crippen MR) is 73.6 cm³/mol. The van der Waals surface area contributed by atoms with Crippen molar-refractivity contribution in [2.75, 3.05) is 20.2 Å². The van der Waals surface area contributed by atoms with Crippen LogP contribution in [0.5, 0.6) is 11.5 Å². The summed E-state index contributed by atoms with van der Waals surface area (Å²) in [7, 11) is 1.55. The number of carbonyl (C=O) groups is 1. The predicted octanol–water partition coefficient (Wildman–Crippen LogP) is 2.66. The van der Waals surface area contributed by atoms with E-state index in [1.165, 1.54) is 25.3 Å². The summed E-state index contributed by atoms with van der Waals surface area (Å²) >= 11 is 0. The van der Waals surface area contributed by atoms with E-state index < -0.39 is 0 Å². The molecular weight excluding hydrogens is 242 g/mol. The van der Waals surface area contributed by atoms with Gasteiger partial charge in [-0.05, 0) is 43.9 Å². The van der Waals surface area contributed by atoms with Crippen LogP contribution in [0.25, 0.3) is 0 Å². The maximum Gasteiger partial charge on any atom is 0.257 e. The molecule has 1 aliphatic rings. The van der Waals surface area contributed by atoms with Crippen molar-refractivity contribution in [1.82, 2.24) is 4.90 Å². The maximum absolute atomic E-state index is 12.5. The number of nitrogens with zero attached hydrogens (tertiary/aromatic N) is 1. The highest BCUT2D eigenvalue weighted by molar-refractivity contribution is 5.97. The summed E-state index contributed by atoms with van der Waals surface area (Å²) < 4.78 is 5.10. The van der Waals surface area contributed by atoms with Gasteiger partial charge in [0, 0.05) is 13.1 Å². The molecule has 104 valence electrons. The Bertz CT molecular complexity index is 455. The van der Waals surface area contributed by atoms with Crippen LogP contribution in [0.3, 0.4) is 0 Å².